The van der Waals surface area contributed by atoms with Gasteiger partial charge < -0.3 is 0 Å². The van der Waals surface area contributed by atoms with E-state index in [9.17, 15) is 0 Å². The molecule has 0 aromatic carbocycles. The van der Waals surface area contributed by atoms with Gasteiger partial charge >= 0.3 is 0 Å². The fourth-order valence-electron chi connectivity index (χ4n) is 1.02. The van der Waals surface area contributed by atoms with E-state index in [1.165, 1.54) is 0 Å². The molecule has 0 aliphatic heterocycles. The first-order chi connectivity index (χ1) is 6.74. The average molecular weight is 186 g/mol. The Kier molecular flexibility index (Phi) is 3.80. The maximum atomic E-state index is 4.32. The van der Waals surface area contributed by atoms with Gasteiger partial charge in [0.05, 0.1) is 5.70 Å². The van der Waals surface area contributed by atoms with Crippen molar-refractivity contribution in [3.05, 3.63) is 48.3 Å². The Hall–Kier alpha value is -1.70. The summed E-state index contributed by atoms with van der Waals surface area (Å²) in [5, 5.41) is 0. The van der Waals surface area contributed by atoms with Crippen molar-refractivity contribution >= 4 is 11.9 Å². The van der Waals surface area contributed by atoms with Gasteiger partial charge in [-0.15, -0.1) is 0 Å². The third kappa shape index (κ3) is 2.98. The highest BCUT2D eigenvalue weighted by Crippen LogP contribution is 2.13. The topological polar surface area (TPSA) is 25.2 Å². The molecule has 0 saturated carbocycles. The first-order valence-electron chi connectivity index (χ1n) is 4.50. The highest BCUT2D eigenvalue weighted by atomic mass is 14.7. The van der Waals surface area contributed by atoms with Gasteiger partial charge in [0.1, 0.15) is 0 Å². The standard InChI is InChI=1S/C12H14N2/c1-4-12(14-9-10(2)3)11-5-7-13-8-6-11/h4-9H,2H2,1,3H3/b12-4-,14-9?. The molecule has 1 aromatic rings. The van der Waals surface area contributed by atoms with Gasteiger partial charge in [-0.1, -0.05) is 12.7 Å². The second-order valence-electron chi connectivity index (χ2n) is 3.01. The quantitative estimate of drug-likeness (QED) is 0.666. The summed E-state index contributed by atoms with van der Waals surface area (Å²) < 4.78 is 0. The van der Waals surface area contributed by atoms with Gasteiger partial charge in [0, 0.05) is 24.2 Å². The second kappa shape index (κ2) is 5.12. The van der Waals surface area contributed by atoms with E-state index in [2.05, 4.69) is 16.6 Å². The lowest BCUT2D eigenvalue weighted by atomic mass is 10.2. The summed E-state index contributed by atoms with van der Waals surface area (Å²) >= 11 is 0. The second-order valence-corrected chi connectivity index (χ2v) is 3.01. The van der Waals surface area contributed by atoms with Crippen LogP contribution < -0.4 is 0 Å². The third-order valence-corrected chi connectivity index (χ3v) is 1.67. The largest absolute Gasteiger partial charge is 0.265 e. The van der Waals surface area contributed by atoms with Crippen molar-refractivity contribution in [3.8, 4) is 0 Å². The Bertz CT molecular complexity index is 361. The highest BCUT2D eigenvalue weighted by Gasteiger charge is 1.95. The van der Waals surface area contributed by atoms with E-state index in [4.69, 9.17) is 0 Å². The maximum Gasteiger partial charge on any atom is 0.0660 e. The van der Waals surface area contributed by atoms with Crippen LogP contribution in [0.1, 0.15) is 19.4 Å². The molecule has 0 fully saturated rings. The number of aliphatic imine (C=N–C) groups is 1. The van der Waals surface area contributed by atoms with Gasteiger partial charge in [-0.05, 0) is 31.6 Å². The van der Waals surface area contributed by atoms with Gasteiger partial charge in [-0.25, -0.2) is 0 Å². The molecule has 2 heteroatoms. The summed E-state index contributed by atoms with van der Waals surface area (Å²) in [6.07, 6.45) is 7.24. The normalized spacial score (nSPS) is 12.0. The molecule has 72 valence electrons. The number of aromatic nitrogens is 1. The molecule has 14 heavy (non-hydrogen) atoms. The molecular formula is C12H14N2. The van der Waals surface area contributed by atoms with Crippen LogP contribution in [0.5, 0.6) is 0 Å². The molecule has 1 aromatic heterocycles. The minimum absolute atomic E-state index is 0.940. The lowest BCUT2D eigenvalue weighted by Crippen LogP contribution is -1.83. The fourth-order valence-corrected chi connectivity index (χ4v) is 1.02. The van der Waals surface area contributed by atoms with Crippen molar-refractivity contribution < 1.29 is 0 Å². The summed E-state index contributed by atoms with van der Waals surface area (Å²) in [6, 6.07) is 3.87. The van der Waals surface area contributed by atoms with E-state index in [0.29, 0.717) is 0 Å². The Morgan fingerprint density at radius 3 is 2.57 bits per heavy atom. The summed E-state index contributed by atoms with van der Waals surface area (Å²) in [4.78, 5) is 8.28. The molecule has 0 aliphatic rings. The number of hydrogen-bond donors (Lipinski definition) is 0. The zero-order chi connectivity index (χ0) is 10.4. The molecule has 1 rings (SSSR count). The van der Waals surface area contributed by atoms with E-state index in [0.717, 1.165) is 16.8 Å². The first-order valence-corrected chi connectivity index (χ1v) is 4.50. The Morgan fingerprint density at radius 2 is 2.07 bits per heavy atom. The molecule has 0 spiro atoms. The molecule has 1 heterocycles. The molecule has 0 atom stereocenters. The summed E-state index contributed by atoms with van der Waals surface area (Å²) in [6.45, 7) is 7.65. The van der Waals surface area contributed by atoms with Crippen LogP contribution in [0.15, 0.2) is 47.7 Å². The monoisotopic (exact) mass is 186 g/mol. The molecule has 2 nitrogen and oxygen atoms in total. The van der Waals surface area contributed by atoms with Crippen LogP contribution in [0.2, 0.25) is 0 Å². The van der Waals surface area contributed by atoms with E-state index < -0.39 is 0 Å². The van der Waals surface area contributed by atoms with Crippen LogP contribution in [0.3, 0.4) is 0 Å². The van der Waals surface area contributed by atoms with Gasteiger partial charge in [-0.3, -0.25) is 9.98 Å². The van der Waals surface area contributed by atoms with Crippen molar-refractivity contribution in [1.82, 2.24) is 4.98 Å². The molecule has 0 bridgehead atoms. The number of rotatable bonds is 3. The van der Waals surface area contributed by atoms with Crippen molar-refractivity contribution in [2.24, 2.45) is 4.99 Å². The SMILES string of the molecule is C=C(C)C=N/C(=C\C)c1ccncc1. The lowest BCUT2D eigenvalue weighted by molar-refractivity contribution is 1.31. The highest BCUT2D eigenvalue weighted by molar-refractivity contribution is 5.83. The molecule has 0 saturated heterocycles. The van der Waals surface area contributed by atoms with Crippen molar-refractivity contribution in [2.75, 3.05) is 0 Å². The predicted molar refractivity (Wildman–Crippen MR) is 61.2 cm³/mol. The van der Waals surface area contributed by atoms with Gasteiger partial charge in [0.25, 0.3) is 0 Å². The van der Waals surface area contributed by atoms with Crippen molar-refractivity contribution in [1.29, 1.82) is 0 Å². The van der Waals surface area contributed by atoms with E-state index in [1.807, 2.05) is 32.1 Å². The Labute approximate surface area is 84.7 Å². The van der Waals surface area contributed by atoms with Gasteiger partial charge in [0.2, 0.25) is 0 Å². The number of pyridine rings is 1. The van der Waals surface area contributed by atoms with Crippen LogP contribution in [-0.4, -0.2) is 11.2 Å². The molecule has 0 unspecified atom stereocenters. The summed E-state index contributed by atoms with van der Waals surface area (Å²) in [5.41, 5.74) is 2.95. The van der Waals surface area contributed by atoms with Crippen LogP contribution in [-0.2, 0) is 0 Å². The number of nitrogens with zero attached hydrogens (tertiary/aromatic N) is 2. The van der Waals surface area contributed by atoms with Gasteiger partial charge in [0.15, 0.2) is 0 Å². The number of allylic oxidation sites excluding steroid dienone is 2. The third-order valence-electron chi connectivity index (χ3n) is 1.67. The number of hydrogen-bond acceptors (Lipinski definition) is 2. The smallest absolute Gasteiger partial charge is 0.0660 e. The van der Waals surface area contributed by atoms with E-state index >= 15 is 0 Å². The van der Waals surface area contributed by atoms with Gasteiger partial charge in [-0.2, -0.15) is 0 Å². The maximum absolute atomic E-state index is 4.32. The summed E-state index contributed by atoms with van der Waals surface area (Å²) in [5.74, 6) is 0. The molecular weight excluding hydrogens is 172 g/mol. The van der Waals surface area contributed by atoms with Crippen LogP contribution >= 0.6 is 0 Å². The lowest BCUT2D eigenvalue weighted by Gasteiger charge is -1.99. The predicted octanol–water partition coefficient (Wildman–Crippen LogP) is 3.09. The minimum Gasteiger partial charge on any atom is -0.265 e. The van der Waals surface area contributed by atoms with Crippen LogP contribution in [0.4, 0.5) is 0 Å². The summed E-state index contributed by atoms with van der Waals surface area (Å²) in [7, 11) is 0. The Morgan fingerprint density at radius 1 is 1.43 bits per heavy atom. The molecule has 0 amide bonds. The van der Waals surface area contributed by atoms with E-state index in [-0.39, 0.29) is 0 Å². The molecule has 0 radical (unpaired) electrons. The van der Waals surface area contributed by atoms with Crippen LogP contribution in [0.25, 0.3) is 5.70 Å². The zero-order valence-corrected chi connectivity index (χ0v) is 8.57. The zero-order valence-electron chi connectivity index (χ0n) is 8.57. The minimum atomic E-state index is 0.940. The molecule has 0 aliphatic carbocycles. The molecule has 0 N–H and O–H groups in total. The van der Waals surface area contributed by atoms with Crippen LogP contribution in [0, 0.1) is 0 Å². The fraction of sp³-hybridized carbons (Fsp3) is 0.167. The Balaban J connectivity index is 2.90. The van der Waals surface area contributed by atoms with Crippen molar-refractivity contribution in [3.63, 3.8) is 0 Å². The van der Waals surface area contributed by atoms with Crippen molar-refractivity contribution in [2.45, 2.75) is 13.8 Å². The van der Waals surface area contributed by atoms with E-state index in [1.54, 1.807) is 18.6 Å². The first kappa shape index (κ1) is 10.4. The average Bonchev–Trinajstić information content (AvgIpc) is 2.20.